The lowest BCUT2D eigenvalue weighted by Gasteiger charge is -2.13. The molecule has 2 aliphatic heterocycles. The minimum Gasteiger partial charge on any atom is -0.377 e. The van der Waals surface area contributed by atoms with Crippen molar-refractivity contribution in [3.63, 3.8) is 0 Å². The number of imide groups is 1. The molecule has 1 aromatic carbocycles. The second kappa shape index (κ2) is 8.43. The Morgan fingerprint density at radius 2 is 1.71 bits per heavy atom. The van der Waals surface area contributed by atoms with Crippen LogP contribution in [0.2, 0.25) is 0 Å². The first-order chi connectivity index (χ1) is 11.2. The molecule has 6 nitrogen and oxygen atoms in total. The molecule has 0 bridgehead atoms. The topological polar surface area (TPSA) is 88.1 Å². The van der Waals surface area contributed by atoms with Crippen LogP contribution in [0.4, 0.5) is 0 Å². The highest BCUT2D eigenvalue weighted by Crippen LogP contribution is 2.23. The molecular weight excluding hydrogens is 392 g/mol. The zero-order valence-corrected chi connectivity index (χ0v) is 15.6. The van der Waals surface area contributed by atoms with E-state index in [1.54, 1.807) is 24.3 Å². The van der Waals surface area contributed by atoms with Gasteiger partial charge in [-0.1, -0.05) is 30.3 Å². The Morgan fingerprint density at radius 3 is 2.29 bits per heavy atom. The molecule has 2 amide bonds. The van der Waals surface area contributed by atoms with E-state index in [0.717, 1.165) is 37.1 Å². The SMILES string of the molecule is Br.NC1=NN=C(CCCCCN2C(=O)c3ccccc3C2=O)CS1. The molecule has 8 heteroatoms. The summed E-state index contributed by atoms with van der Waals surface area (Å²) in [5, 5.41) is 8.45. The van der Waals surface area contributed by atoms with Crippen molar-refractivity contribution in [1.29, 1.82) is 0 Å². The second-order valence-corrected chi connectivity index (χ2v) is 6.51. The van der Waals surface area contributed by atoms with Crippen LogP contribution in [0.3, 0.4) is 0 Å². The lowest BCUT2D eigenvalue weighted by molar-refractivity contribution is 0.0651. The number of carbonyl (C=O) groups is 2. The number of nitrogens with zero attached hydrogens (tertiary/aromatic N) is 3. The van der Waals surface area contributed by atoms with Gasteiger partial charge >= 0.3 is 0 Å². The number of fused-ring (bicyclic) bond motifs is 1. The van der Waals surface area contributed by atoms with Crippen molar-refractivity contribution in [3.8, 4) is 0 Å². The quantitative estimate of drug-likeness (QED) is 0.576. The molecule has 24 heavy (non-hydrogen) atoms. The number of hydrogen-bond acceptors (Lipinski definition) is 6. The summed E-state index contributed by atoms with van der Waals surface area (Å²) >= 11 is 1.50. The highest BCUT2D eigenvalue weighted by molar-refractivity contribution is 8.93. The molecule has 0 saturated heterocycles. The summed E-state index contributed by atoms with van der Waals surface area (Å²) in [5.41, 5.74) is 7.62. The van der Waals surface area contributed by atoms with Crippen molar-refractivity contribution in [2.45, 2.75) is 25.7 Å². The Balaban J connectivity index is 0.00000208. The normalized spacial score (nSPS) is 16.4. The standard InChI is InChI=1S/C16H18N4O2S.BrH/c17-16-19-18-11(10-23-16)6-2-1-5-9-20-14(21)12-7-3-4-8-13(12)15(20)22;/h3-4,7-8H,1-2,5-6,9-10H2,(H2,17,19);1H. The molecule has 0 aliphatic carbocycles. The van der Waals surface area contributed by atoms with E-state index in [1.165, 1.54) is 16.7 Å². The van der Waals surface area contributed by atoms with Crippen molar-refractivity contribution in [2.75, 3.05) is 12.3 Å². The largest absolute Gasteiger partial charge is 0.377 e. The fraction of sp³-hybridized carbons (Fsp3) is 0.375. The van der Waals surface area contributed by atoms with E-state index in [1.807, 2.05) is 0 Å². The number of halogens is 1. The third-order valence-corrected chi connectivity index (χ3v) is 4.76. The van der Waals surface area contributed by atoms with Crippen molar-refractivity contribution >= 4 is 51.4 Å². The molecular formula is C16H19BrN4O2S. The van der Waals surface area contributed by atoms with Crippen LogP contribution in [0.25, 0.3) is 0 Å². The Hall–Kier alpha value is -1.67. The second-order valence-electron chi connectivity index (χ2n) is 5.51. The number of carbonyl (C=O) groups excluding carboxylic acids is 2. The molecule has 2 N–H and O–H groups in total. The van der Waals surface area contributed by atoms with Gasteiger partial charge in [-0.25, -0.2) is 0 Å². The Labute approximate surface area is 155 Å². The molecule has 0 spiro atoms. The number of nitrogens with two attached hydrogens (primary N) is 1. The highest BCUT2D eigenvalue weighted by Gasteiger charge is 2.34. The highest BCUT2D eigenvalue weighted by atomic mass is 79.9. The fourth-order valence-electron chi connectivity index (χ4n) is 2.68. The van der Waals surface area contributed by atoms with Gasteiger partial charge in [-0.15, -0.1) is 22.1 Å². The molecule has 2 aliphatic rings. The summed E-state index contributed by atoms with van der Waals surface area (Å²) < 4.78 is 0. The van der Waals surface area contributed by atoms with Gasteiger partial charge in [0.25, 0.3) is 11.8 Å². The maximum absolute atomic E-state index is 12.2. The van der Waals surface area contributed by atoms with Crippen LogP contribution in [-0.4, -0.2) is 39.9 Å². The first-order valence-electron chi connectivity index (χ1n) is 7.63. The van der Waals surface area contributed by atoms with Crippen molar-refractivity contribution in [1.82, 2.24) is 4.90 Å². The minimum absolute atomic E-state index is 0. The van der Waals surface area contributed by atoms with Crippen molar-refractivity contribution in [3.05, 3.63) is 35.4 Å². The van der Waals surface area contributed by atoms with E-state index in [-0.39, 0.29) is 28.8 Å². The summed E-state index contributed by atoms with van der Waals surface area (Å²) in [4.78, 5) is 25.8. The molecule has 0 unspecified atom stereocenters. The minimum atomic E-state index is -0.177. The van der Waals surface area contributed by atoms with Crippen LogP contribution in [0.5, 0.6) is 0 Å². The van der Waals surface area contributed by atoms with E-state index in [2.05, 4.69) is 10.2 Å². The van der Waals surface area contributed by atoms with E-state index in [9.17, 15) is 9.59 Å². The van der Waals surface area contributed by atoms with Gasteiger partial charge in [0.15, 0.2) is 5.17 Å². The third kappa shape index (κ3) is 4.05. The molecule has 0 radical (unpaired) electrons. The molecule has 3 rings (SSSR count). The van der Waals surface area contributed by atoms with Gasteiger partial charge in [0.1, 0.15) is 0 Å². The van der Waals surface area contributed by atoms with Crippen LogP contribution in [0.1, 0.15) is 46.4 Å². The predicted octanol–water partition coefficient (Wildman–Crippen LogP) is 2.84. The third-order valence-electron chi connectivity index (χ3n) is 3.90. The number of benzene rings is 1. The van der Waals surface area contributed by atoms with E-state index < -0.39 is 0 Å². The summed E-state index contributed by atoms with van der Waals surface area (Å²) in [7, 11) is 0. The average molecular weight is 411 g/mol. The van der Waals surface area contributed by atoms with Gasteiger partial charge in [0, 0.05) is 12.3 Å². The Morgan fingerprint density at radius 1 is 1.04 bits per heavy atom. The van der Waals surface area contributed by atoms with Crippen molar-refractivity contribution < 1.29 is 9.59 Å². The summed E-state index contributed by atoms with van der Waals surface area (Å²) in [6.07, 6.45) is 3.59. The number of amides is 2. The Kier molecular flexibility index (Phi) is 6.56. The van der Waals surface area contributed by atoms with Gasteiger partial charge < -0.3 is 5.73 Å². The zero-order chi connectivity index (χ0) is 16.2. The summed E-state index contributed by atoms with van der Waals surface area (Å²) in [6.45, 7) is 0.471. The first-order valence-corrected chi connectivity index (χ1v) is 8.62. The number of amidine groups is 1. The first kappa shape index (κ1) is 18.7. The van der Waals surface area contributed by atoms with Crippen LogP contribution in [-0.2, 0) is 0 Å². The number of unbranched alkanes of at least 4 members (excludes halogenated alkanes) is 2. The monoisotopic (exact) mass is 410 g/mol. The van der Waals surface area contributed by atoms with Crippen molar-refractivity contribution in [2.24, 2.45) is 15.9 Å². The lowest BCUT2D eigenvalue weighted by Crippen LogP contribution is -2.30. The molecule has 128 valence electrons. The molecule has 0 atom stereocenters. The van der Waals surface area contributed by atoms with Crippen LogP contribution in [0.15, 0.2) is 34.5 Å². The van der Waals surface area contributed by atoms with Gasteiger partial charge in [-0.2, -0.15) is 5.10 Å². The van der Waals surface area contributed by atoms with Gasteiger partial charge in [0.2, 0.25) is 0 Å². The van der Waals surface area contributed by atoms with Crippen LogP contribution in [0, 0.1) is 0 Å². The molecule has 0 aromatic heterocycles. The number of hydrogen-bond donors (Lipinski definition) is 1. The Bertz CT molecular complexity index is 670. The lowest BCUT2D eigenvalue weighted by atomic mass is 10.1. The van der Waals surface area contributed by atoms with Gasteiger partial charge in [-0.05, 0) is 31.4 Å². The van der Waals surface area contributed by atoms with Gasteiger partial charge in [-0.3, -0.25) is 14.5 Å². The van der Waals surface area contributed by atoms with Gasteiger partial charge in [0.05, 0.1) is 16.8 Å². The fourth-order valence-corrected chi connectivity index (χ4v) is 3.29. The number of thioether (sulfide) groups is 1. The molecule has 0 saturated carbocycles. The smallest absolute Gasteiger partial charge is 0.261 e. The van der Waals surface area contributed by atoms with E-state index >= 15 is 0 Å². The van der Waals surface area contributed by atoms with E-state index in [4.69, 9.17) is 5.73 Å². The maximum atomic E-state index is 12.2. The van der Waals surface area contributed by atoms with Crippen LogP contribution < -0.4 is 5.73 Å². The predicted molar refractivity (Wildman–Crippen MR) is 102 cm³/mol. The molecule has 2 heterocycles. The average Bonchev–Trinajstić information content (AvgIpc) is 2.81. The summed E-state index contributed by atoms with van der Waals surface area (Å²) in [6, 6.07) is 6.98. The summed E-state index contributed by atoms with van der Waals surface area (Å²) in [5.74, 6) is 0.445. The van der Waals surface area contributed by atoms with Crippen LogP contribution >= 0.6 is 28.7 Å². The number of rotatable bonds is 6. The zero-order valence-electron chi connectivity index (χ0n) is 13.1. The maximum Gasteiger partial charge on any atom is 0.261 e. The molecule has 1 aromatic rings. The van der Waals surface area contributed by atoms with E-state index in [0.29, 0.717) is 22.8 Å². The molecule has 0 fully saturated rings.